The van der Waals surface area contributed by atoms with Crippen molar-refractivity contribution in [2.24, 2.45) is 0 Å². The molecule has 0 atom stereocenters. The molecule has 0 fully saturated rings. The number of pyridine rings is 1. The topological polar surface area (TPSA) is 12.9 Å². The van der Waals surface area contributed by atoms with Crippen molar-refractivity contribution in [2.75, 3.05) is 0 Å². The summed E-state index contributed by atoms with van der Waals surface area (Å²) < 4.78 is 0. The molecule has 0 saturated carbocycles. The Morgan fingerprint density at radius 2 is 1.58 bits per heavy atom. The van der Waals surface area contributed by atoms with Crippen LogP contribution in [0.5, 0.6) is 0 Å². The van der Waals surface area contributed by atoms with E-state index in [-0.39, 0.29) is 0 Å². The number of rotatable bonds is 1. The van der Waals surface area contributed by atoms with Crippen molar-refractivity contribution < 1.29 is 0 Å². The number of hydrogen-bond donors (Lipinski definition) is 0. The van der Waals surface area contributed by atoms with E-state index in [0.29, 0.717) is 0 Å². The highest BCUT2D eigenvalue weighted by atomic mass is 14.7. The van der Waals surface area contributed by atoms with E-state index in [2.05, 4.69) is 69.3 Å². The molecule has 94 valence electrons. The zero-order chi connectivity index (χ0) is 13.4. The Morgan fingerprint density at radius 1 is 0.789 bits per heavy atom. The van der Waals surface area contributed by atoms with Crippen LogP contribution in [0.4, 0.5) is 0 Å². The van der Waals surface area contributed by atoms with Crippen LogP contribution < -0.4 is 0 Å². The summed E-state index contributed by atoms with van der Waals surface area (Å²) in [7, 11) is 0. The molecule has 1 nitrogen and oxygen atoms in total. The van der Waals surface area contributed by atoms with Crippen LogP contribution >= 0.6 is 0 Å². The maximum Gasteiger partial charge on any atom is 0.0712 e. The Hall–Kier alpha value is -2.15. The monoisotopic (exact) mass is 247 g/mol. The first-order chi connectivity index (χ1) is 9.13. The molecule has 19 heavy (non-hydrogen) atoms. The molecule has 0 saturated heterocycles. The minimum atomic E-state index is 1.05. The van der Waals surface area contributed by atoms with Gasteiger partial charge in [0.25, 0.3) is 0 Å². The third-order valence-corrected chi connectivity index (χ3v) is 3.48. The van der Waals surface area contributed by atoms with Gasteiger partial charge < -0.3 is 0 Å². The lowest BCUT2D eigenvalue weighted by atomic mass is 10.0. The van der Waals surface area contributed by atoms with Crippen LogP contribution in [-0.2, 0) is 0 Å². The van der Waals surface area contributed by atoms with Gasteiger partial charge in [0.1, 0.15) is 0 Å². The first-order valence-electron chi connectivity index (χ1n) is 6.58. The van der Waals surface area contributed by atoms with Gasteiger partial charge in [-0.3, -0.25) is 0 Å². The van der Waals surface area contributed by atoms with Crippen LogP contribution in [-0.4, -0.2) is 4.98 Å². The Balaban J connectivity index is 2.24. The number of aromatic nitrogens is 1. The summed E-state index contributed by atoms with van der Waals surface area (Å²) in [4.78, 5) is 4.79. The van der Waals surface area contributed by atoms with Gasteiger partial charge >= 0.3 is 0 Å². The summed E-state index contributed by atoms with van der Waals surface area (Å²) in [5, 5.41) is 1.25. The predicted molar refractivity (Wildman–Crippen MR) is 81.4 cm³/mol. The third kappa shape index (κ3) is 2.24. The molecule has 0 bridgehead atoms. The summed E-state index contributed by atoms with van der Waals surface area (Å²) >= 11 is 0. The molecule has 1 heterocycles. The second-order valence-corrected chi connectivity index (χ2v) is 5.21. The van der Waals surface area contributed by atoms with Crippen molar-refractivity contribution in [3.63, 3.8) is 0 Å². The molecule has 0 aliphatic rings. The fraction of sp³-hybridized carbons (Fsp3) is 0.167. The molecule has 0 radical (unpaired) electrons. The summed E-state index contributed by atoms with van der Waals surface area (Å²) in [6.07, 6.45) is 0. The largest absolute Gasteiger partial charge is 0.248 e. The SMILES string of the molecule is Cc1cccc(-c2cc(C)c3cc(C)ccc3n2)c1. The van der Waals surface area contributed by atoms with Gasteiger partial charge in [0.05, 0.1) is 11.2 Å². The summed E-state index contributed by atoms with van der Waals surface area (Å²) in [5.41, 5.74) is 7.14. The molecule has 1 heteroatoms. The zero-order valence-electron chi connectivity index (χ0n) is 11.6. The van der Waals surface area contributed by atoms with Gasteiger partial charge in [0.2, 0.25) is 0 Å². The standard InChI is InChI=1S/C18H17N/c1-12-5-4-6-15(9-12)18-11-14(3)16-10-13(2)7-8-17(16)19-18/h4-11H,1-3H3. The summed E-state index contributed by atoms with van der Waals surface area (Å²) in [6.45, 7) is 6.39. The van der Waals surface area contributed by atoms with Crippen LogP contribution in [0.1, 0.15) is 16.7 Å². The van der Waals surface area contributed by atoms with Crippen LogP contribution in [0, 0.1) is 20.8 Å². The van der Waals surface area contributed by atoms with E-state index in [0.717, 1.165) is 11.2 Å². The van der Waals surface area contributed by atoms with E-state index in [1.807, 2.05) is 0 Å². The van der Waals surface area contributed by atoms with Crippen molar-refractivity contribution in [3.05, 3.63) is 65.2 Å². The highest BCUT2D eigenvalue weighted by Crippen LogP contribution is 2.25. The Bertz CT molecular complexity index is 757. The van der Waals surface area contributed by atoms with Gasteiger partial charge in [-0.15, -0.1) is 0 Å². The second-order valence-electron chi connectivity index (χ2n) is 5.21. The number of benzene rings is 2. The fourth-order valence-electron chi connectivity index (χ4n) is 2.46. The van der Waals surface area contributed by atoms with Crippen molar-refractivity contribution in [1.29, 1.82) is 0 Å². The molecule has 2 aromatic carbocycles. The van der Waals surface area contributed by atoms with E-state index >= 15 is 0 Å². The van der Waals surface area contributed by atoms with Crippen molar-refractivity contribution >= 4 is 10.9 Å². The van der Waals surface area contributed by atoms with Crippen LogP contribution in [0.25, 0.3) is 22.2 Å². The lowest BCUT2D eigenvalue weighted by molar-refractivity contribution is 1.34. The second kappa shape index (κ2) is 4.51. The molecule has 0 spiro atoms. The molecule has 0 aliphatic carbocycles. The smallest absolute Gasteiger partial charge is 0.0712 e. The fourth-order valence-corrected chi connectivity index (χ4v) is 2.46. The highest BCUT2D eigenvalue weighted by molar-refractivity contribution is 5.85. The van der Waals surface area contributed by atoms with Crippen LogP contribution in [0.2, 0.25) is 0 Å². The van der Waals surface area contributed by atoms with Crippen molar-refractivity contribution in [2.45, 2.75) is 20.8 Å². The molecule has 0 amide bonds. The maximum absolute atomic E-state index is 4.79. The number of fused-ring (bicyclic) bond motifs is 1. The lowest BCUT2D eigenvalue weighted by Gasteiger charge is -2.08. The molecule has 0 aliphatic heterocycles. The average molecular weight is 247 g/mol. The van der Waals surface area contributed by atoms with Crippen LogP contribution in [0.3, 0.4) is 0 Å². The van der Waals surface area contributed by atoms with E-state index in [4.69, 9.17) is 4.98 Å². The van der Waals surface area contributed by atoms with E-state index in [1.54, 1.807) is 0 Å². The number of nitrogens with zero attached hydrogens (tertiary/aromatic N) is 1. The van der Waals surface area contributed by atoms with E-state index in [1.165, 1.54) is 27.6 Å². The maximum atomic E-state index is 4.79. The van der Waals surface area contributed by atoms with Crippen molar-refractivity contribution in [1.82, 2.24) is 4.98 Å². The van der Waals surface area contributed by atoms with E-state index < -0.39 is 0 Å². The first-order valence-corrected chi connectivity index (χ1v) is 6.58. The molecule has 0 N–H and O–H groups in total. The van der Waals surface area contributed by atoms with Gasteiger partial charge in [0, 0.05) is 10.9 Å². The lowest BCUT2D eigenvalue weighted by Crippen LogP contribution is -1.90. The molecule has 0 unspecified atom stereocenters. The highest BCUT2D eigenvalue weighted by Gasteiger charge is 2.05. The normalized spacial score (nSPS) is 10.9. The minimum absolute atomic E-state index is 1.05. The summed E-state index contributed by atoms with van der Waals surface area (Å²) in [6, 6.07) is 17.1. The Labute approximate surface area is 113 Å². The molecular formula is C18H17N. The predicted octanol–water partition coefficient (Wildman–Crippen LogP) is 4.83. The van der Waals surface area contributed by atoms with Gasteiger partial charge in [-0.1, -0.05) is 35.4 Å². The third-order valence-electron chi connectivity index (χ3n) is 3.48. The molecular weight excluding hydrogens is 230 g/mol. The van der Waals surface area contributed by atoms with Crippen molar-refractivity contribution in [3.8, 4) is 11.3 Å². The minimum Gasteiger partial charge on any atom is -0.248 e. The average Bonchev–Trinajstić information content (AvgIpc) is 2.39. The number of hydrogen-bond acceptors (Lipinski definition) is 1. The molecule has 3 rings (SSSR count). The molecule has 1 aromatic heterocycles. The van der Waals surface area contributed by atoms with E-state index in [9.17, 15) is 0 Å². The quantitative estimate of drug-likeness (QED) is 0.600. The van der Waals surface area contributed by atoms with Gasteiger partial charge in [-0.05, 0) is 50.6 Å². The molecule has 3 aromatic rings. The van der Waals surface area contributed by atoms with Gasteiger partial charge in [-0.2, -0.15) is 0 Å². The van der Waals surface area contributed by atoms with Crippen LogP contribution in [0.15, 0.2) is 48.5 Å². The first kappa shape index (κ1) is 11.9. The zero-order valence-corrected chi connectivity index (χ0v) is 11.6. The summed E-state index contributed by atoms with van der Waals surface area (Å²) in [5.74, 6) is 0. The van der Waals surface area contributed by atoms with Gasteiger partial charge in [0.15, 0.2) is 0 Å². The Kier molecular flexibility index (Phi) is 2.83. The van der Waals surface area contributed by atoms with Gasteiger partial charge in [-0.25, -0.2) is 4.98 Å². The Morgan fingerprint density at radius 3 is 2.37 bits per heavy atom. The number of aryl methyl sites for hydroxylation is 3.